The van der Waals surface area contributed by atoms with Crippen LogP contribution in [0.1, 0.15) is 12.5 Å². The van der Waals surface area contributed by atoms with Gasteiger partial charge in [-0.2, -0.15) is 4.39 Å². The lowest BCUT2D eigenvalue weighted by Gasteiger charge is -2.08. The molecular weight excluding hydrogens is 202 g/mol. The van der Waals surface area contributed by atoms with E-state index in [9.17, 15) is 8.78 Å². The van der Waals surface area contributed by atoms with Gasteiger partial charge in [0.1, 0.15) is 0 Å². The molecule has 0 amide bonds. The molecule has 0 fully saturated rings. The number of ether oxygens (including phenoxy) is 2. The third-order valence-electron chi connectivity index (χ3n) is 2.00. The predicted molar refractivity (Wildman–Crippen MR) is 53.1 cm³/mol. The summed E-state index contributed by atoms with van der Waals surface area (Å²) < 4.78 is 36.5. The largest absolute Gasteiger partial charge is 0.491 e. The van der Waals surface area contributed by atoms with E-state index < -0.39 is 11.6 Å². The lowest BCUT2D eigenvalue weighted by molar-refractivity contribution is 0.201. The monoisotopic (exact) mass is 216 g/mol. The van der Waals surface area contributed by atoms with Gasteiger partial charge in [-0.05, 0) is 25.0 Å². The van der Waals surface area contributed by atoms with Crippen LogP contribution in [0.25, 0.3) is 0 Å². The van der Waals surface area contributed by atoms with Gasteiger partial charge in [0.2, 0.25) is 5.82 Å². The summed E-state index contributed by atoms with van der Waals surface area (Å²) in [6.07, 6.45) is 0.353. The zero-order valence-electron chi connectivity index (χ0n) is 8.85. The second-order valence-corrected chi connectivity index (χ2v) is 3.03. The van der Waals surface area contributed by atoms with Crippen molar-refractivity contribution >= 4 is 0 Å². The van der Waals surface area contributed by atoms with Crippen molar-refractivity contribution in [2.24, 2.45) is 0 Å². The van der Waals surface area contributed by atoms with Crippen molar-refractivity contribution < 1.29 is 18.3 Å². The summed E-state index contributed by atoms with van der Waals surface area (Å²) in [4.78, 5) is 0. The number of methoxy groups -OCH3 is 1. The molecule has 0 saturated carbocycles. The Labute approximate surface area is 87.8 Å². The minimum absolute atomic E-state index is 0.0452. The zero-order valence-corrected chi connectivity index (χ0v) is 8.85. The highest BCUT2D eigenvalue weighted by molar-refractivity contribution is 5.31. The molecule has 0 atom stereocenters. The lowest BCUT2D eigenvalue weighted by atomic mass is 10.1. The average Bonchev–Trinajstić information content (AvgIpc) is 2.24. The molecule has 84 valence electrons. The highest BCUT2D eigenvalue weighted by Crippen LogP contribution is 2.22. The highest BCUT2D eigenvalue weighted by Gasteiger charge is 2.13. The van der Waals surface area contributed by atoms with Crippen LogP contribution in [0.2, 0.25) is 0 Å². The summed E-state index contributed by atoms with van der Waals surface area (Å²) in [6.45, 7) is 2.40. The fourth-order valence-electron chi connectivity index (χ4n) is 1.24. The van der Waals surface area contributed by atoms with Gasteiger partial charge in [0, 0.05) is 7.11 Å². The van der Waals surface area contributed by atoms with Gasteiger partial charge >= 0.3 is 0 Å². The Hall–Kier alpha value is -1.16. The molecule has 0 aliphatic carbocycles. The Balaban J connectivity index is 2.88. The van der Waals surface area contributed by atoms with Crippen LogP contribution in [0, 0.1) is 11.6 Å². The minimum atomic E-state index is -0.926. The van der Waals surface area contributed by atoms with Crippen LogP contribution in [0.3, 0.4) is 0 Å². The van der Waals surface area contributed by atoms with Crippen LogP contribution in [0.15, 0.2) is 12.1 Å². The second kappa shape index (κ2) is 5.66. The smallest absolute Gasteiger partial charge is 0.200 e. The Bertz CT molecular complexity index is 327. The van der Waals surface area contributed by atoms with E-state index >= 15 is 0 Å². The molecule has 0 radical (unpaired) electrons. The van der Waals surface area contributed by atoms with E-state index in [1.54, 1.807) is 6.92 Å². The first-order chi connectivity index (χ1) is 7.20. The van der Waals surface area contributed by atoms with Crippen LogP contribution in [-0.2, 0) is 11.2 Å². The summed E-state index contributed by atoms with van der Waals surface area (Å²) in [5.41, 5.74) is 0.304. The van der Waals surface area contributed by atoms with Crippen molar-refractivity contribution in [2.45, 2.75) is 13.3 Å². The third-order valence-corrected chi connectivity index (χ3v) is 2.00. The number of rotatable bonds is 5. The van der Waals surface area contributed by atoms with Crippen molar-refractivity contribution in [3.8, 4) is 5.75 Å². The molecule has 4 heteroatoms. The molecule has 2 nitrogen and oxygen atoms in total. The first-order valence-corrected chi connectivity index (χ1v) is 4.79. The minimum Gasteiger partial charge on any atom is -0.491 e. The maximum atomic E-state index is 13.4. The first kappa shape index (κ1) is 11.9. The van der Waals surface area contributed by atoms with Gasteiger partial charge in [-0.15, -0.1) is 0 Å². The highest BCUT2D eigenvalue weighted by atomic mass is 19.2. The second-order valence-electron chi connectivity index (χ2n) is 3.03. The number of hydrogen-bond donors (Lipinski definition) is 0. The molecule has 0 aliphatic rings. The summed E-state index contributed by atoms with van der Waals surface area (Å²) >= 11 is 0. The fraction of sp³-hybridized carbons (Fsp3) is 0.455. The van der Waals surface area contributed by atoms with Crippen LogP contribution in [0.4, 0.5) is 8.78 Å². The van der Waals surface area contributed by atoms with Crippen molar-refractivity contribution in [1.29, 1.82) is 0 Å². The fourth-order valence-corrected chi connectivity index (χ4v) is 1.24. The molecule has 1 aromatic carbocycles. The van der Waals surface area contributed by atoms with Gasteiger partial charge in [-0.25, -0.2) is 4.39 Å². The van der Waals surface area contributed by atoms with Crippen LogP contribution in [-0.4, -0.2) is 20.3 Å². The van der Waals surface area contributed by atoms with Crippen molar-refractivity contribution in [3.63, 3.8) is 0 Å². The Morgan fingerprint density at radius 2 is 1.93 bits per heavy atom. The lowest BCUT2D eigenvalue weighted by Crippen LogP contribution is -2.03. The molecule has 0 unspecified atom stereocenters. The van der Waals surface area contributed by atoms with Crippen molar-refractivity contribution in [2.75, 3.05) is 20.3 Å². The van der Waals surface area contributed by atoms with E-state index in [4.69, 9.17) is 9.47 Å². The number of hydrogen-bond acceptors (Lipinski definition) is 2. The van der Waals surface area contributed by atoms with Crippen LogP contribution < -0.4 is 4.74 Å². The Kier molecular flexibility index (Phi) is 4.49. The first-order valence-electron chi connectivity index (χ1n) is 4.79. The molecule has 0 bridgehead atoms. The molecule has 0 aliphatic heterocycles. The van der Waals surface area contributed by atoms with E-state index in [2.05, 4.69) is 0 Å². The summed E-state index contributed by atoms with van der Waals surface area (Å²) in [7, 11) is 1.52. The third kappa shape index (κ3) is 2.89. The van der Waals surface area contributed by atoms with Crippen LogP contribution >= 0.6 is 0 Å². The van der Waals surface area contributed by atoms with Gasteiger partial charge in [0.05, 0.1) is 13.2 Å². The van der Waals surface area contributed by atoms with E-state index in [1.807, 2.05) is 0 Å². The molecule has 1 aromatic rings. The molecule has 15 heavy (non-hydrogen) atoms. The maximum absolute atomic E-state index is 13.4. The normalized spacial score (nSPS) is 10.4. The number of benzene rings is 1. The van der Waals surface area contributed by atoms with Gasteiger partial charge in [-0.1, -0.05) is 6.07 Å². The predicted octanol–water partition coefficient (Wildman–Crippen LogP) is 2.55. The molecule has 0 spiro atoms. The summed E-state index contributed by atoms with van der Waals surface area (Å²) in [5.74, 6) is -1.82. The van der Waals surface area contributed by atoms with Gasteiger partial charge < -0.3 is 9.47 Å². The molecule has 1 rings (SSSR count). The standard InChI is InChI=1S/C11H14F2O2/c1-3-15-9-5-4-8(6-7-14-2)10(12)11(9)13/h4-5H,3,6-7H2,1-2H3. The number of halogens is 2. The van der Waals surface area contributed by atoms with Gasteiger partial charge in [0.25, 0.3) is 0 Å². The summed E-state index contributed by atoms with van der Waals surface area (Å²) in [6, 6.07) is 2.95. The average molecular weight is 216 g/mol. The quantitative estimate of drug-likeness (QED) is 0.753. The van der Waals surface area contributed by atoms with Crippen LogP contribution in [0.5, 0.6) is 5.75 Å². The van der Waals surface area contributed by atoms with Crippen molar-refractivity contribution in [1.82, 2.24) is 0 Å². The molecule has 0 aromatic heterocycles. The van der Waals surface area contributed by atoms with Crippen molar-refractivity contribution in [3.05, 3.63) is 29.3 Å². The van der Waals surface area contributed by atoms with Gasteiger partial charge in [0.15, 0.2) is 11.6 Å². The Morgan fingerprint density at radius 1 is 1.20 bits per heavy atom. The maximum Gasteiger partial charge on any atom is 0.200 e. The zero-order chi connectivity index (χ0) is 11.3. The van der Waals surface area contributed by atoms with E-state index in [1.165, 1.54) is 19.2 Å². The summed E-state index contributed by atoms with van der Waals surface area (Å²) in [5, 5.41) is 0. The molecule has 0 saturated heterocycles. The van der Waals surface area contributed by atoms with E-state index in [-0.39, 0.29) is 5.75 Å². The molecule has 0 heterocycles. The Morgan fingerprint density at radius 3 is 2.53 bits per heavy atom. The molecule has 0 N–H and O–H groups in total. The SMILES string of the molecule is CCOc1ccc(CCOC)c(F)c1F. The topological polar surface area (TPSA) is 18.5 Å². The molecular formula is C11H14F2O2. The van der Waals surface area contributed by atoms with E-state index in [0.29, 0.717) is 25.2 Å². The van der Waals surface area contributed by atoms with Gasteiger partial charge in [-0.3, -0.25) is 0 Å². The van der Waals surface area contributed by atoms with E-state index in [0.717, 1.165) is 0 Å².